The Morgan fingerprint density at radius 1 is 1.28 bits per heavy atom. The molecule has 1 aromatic rings. The van der Waals surface area contributed by atoms with Crippen molar-refractivity contribution in [2.45, 2.75) is 18.9 Å². The van der Waals surface area contributed by atoms with Crippen LogP contribution in [0.4, 0.5) is 0 Å². The van der Waals surface area contributed by atoms with E-state index in [9.17, 15) is 0 Å². The minimum Gasteiger partial charge on any atom is -0.246 e. The molecule has 2 rings (SSSR count). The highest BCUT2D eigenvalue weighted by atomic mass is 127. The second-order valence-corrected chi connectivity index (χ2v) is 5.97. The second-order valence-electron chi connectivity index (χ2n) is 4.32. The van der Waals surface area contributed by atoms with Crippen LogP contribution >= 0.6 is 22.9 Å². The molecule has 1 aliphatic rings. The Kier molecular flexibility index (Phi) is 5.03. The molecular weight excluding hydrogens is 333 g/mol. The molecule has 0 saturated carbocycles. The predicted molar refractivity (Wildman–Crippen MR) is 85.3 cm³/mol. The molecule has 0 amide bonds. The summed E-state index contributed by atoms with van der Waals surface area (Å²) in [7, 11) is 2.07. The van der Waals surface area contributed by atoms with E-state index in [0.29, 0.717) is 0 Å². The minimum absolute atomic E-state index is 0.223. The van der Waals surface area contributed by atoms with Crippen molar-refractivity contribution in [3.8, 4) is 11.8 Å². The van der Waals surface area contributed by atoms with Crippen LogP contribution in [0.25, 0.3) is 0 Å². The summed E-state index contributed by atoms with van der Waals surface area (Å²) in [4.78, 5) is 0. The van der Waals surface area contributed by atoms with E-state index in [1.165, 1.54) is 11.1 Å². The molecule has 18 heavy (non-hydrogen) atoms. The van der Waals surface area contributed by atoms with Gasteiger partial charge in [-0.1, -0.05) is 60.4 Å². The van der Waals surface area contributed by atoms with Crippen molar-refractivity contribution in [2.24, 2.45) is 0 Å². The van der Waals surface area contributed by atoms with Crippen molar-refractivity contribution >= 4 is 22.9 Å². The van der Waals surface area contributed by atoms with Crippen LogP contribution in [0.3, 0.4) is 0 Å². The molecule has 0 fully saturated rings. The van der Waals surface area contributed by atoms with E-state index >= 15 is 0 Å². The van der Waals surface area contributed by atoms with Crippen molar-refractivity contribution in [3.63, 3.8) is 0 Å². The Morgan fingerprint density at radius 2 is 2.06 bits per heavy atom. The summed E-state index contributed by atoms with van der Waals surface area (Å²) in [6, 6.07) is 8.75. The smallest absolute Gasteiger partial charge is 0.0635 e. The second kappa shape index (κ2) is 6.77. The fourth-order valence-electron chi connectivity index (χ4n) is 1.87. The first kappa shape index (κ1) is 13.4. The molecule has 0 aromatic heterocycles. The minimum atomic E-state index is 0.223. The van der Waals surface area contributed by atoms with Gasteiger partial charge in [-0.05, 0) is 18.2 Å². The van der Waals surface area contributed by atoms with Crippen molar-refractivity contribution in [1.82, 2.24) is 3.11 Å². The molecule has 92 valence electrons. The van der Waals surface area contributed by atoms with Crippen LogP contribution in [0, 0.1) is 11.8 Å². The van der Waals surface area contributed by atoms with E-state index in [0.717, 1.165) is 13.0 Å². The van der Waals surface area contributed by atoms with Crippen molar-refractivity contribution in [2.75, 3.05) is 7.05 Å². The number of nitrogens with zero attached hydrogens (tertiary/aromatic N) is 1. The summed E-state index contributed by atoms with van der Waals surface area (Å²) in [6.45, 7) is 0.968. The van der Waals surface area contributed by atoms with E-state index in [1.54, 1.807) is 0 Å². The highest BCUT2D eigenvalue weighted by molar-refractivity contribution is 14.1. The Hall–Kier alpha value is -1.05. The maximum Gasteiger partial charge on any atom is 0.0635 e. The van der Waals surface area contributed by atoms with Gasteiger partial charge in [-0.15, -0.1) is 0 Å². The lowest BCUT2D eigenvalue weighted by Gasteiger charge is -2.10. The molecule has 0 aliphatic heterocycles. The normalized spacial score (nSPS) is 21.6. The molecule has 0 bridgehead atoms. The molecule has 1 atom stereocenters. The molecule has 1 aliphatic carbocycles. The predicted octanol–water partition coefficient (Wildman–Crippen LogP) is 4.07. The molecule has 2 heteroatoms. The van der Waals surface area contributed by atoms with E-state index in [-0.39, 0.29) is 5.92 Å². The third kappa shape index (κ3) is 4.01. The number of benzene rings is 1. The molecule has 0 N–H and O–H groups in total. The fraction of sp³-hybridized carbons (Fsp3) is 0.250. The van der Waals surface area contributed by atoms with Gasteiger partial charge in [-0.2, -0.15) is 0 Å². The molecule has 0 saturated heterocycles. The van der Waals surface area contributed by atoms with Crippen LogP contribution in [0.5, 0.6) is 0 Å². The molecule has 1 aromatic carbocycles. The van der Waals surface area contributed by atoms with Gasteiger partial charge in [0.05, 0.1) is 5.92 Å². The Morgan fingerprint density at radius 3 is 2.78 bits per heavy atom. The summed E-state index contributed by atoms with van der Waals surface area (Å²) >= 11 is 2.30. The zero-order valence-corrected chi connectivity index (χ0v) is 12.6. The standard InChI is InChI=1S/C16H16IN/c1-18(17)13-14-9-11-16(12-10-14)15-7-5-3-2-4-6-8-15/h2-3,5,7,9-12,15H,4,13H2,1H3/b3-2+,7-5-. The van der Waals surface area contributed by atoms with E-state index in [4.69, 9.17) is 0 Å². The number of hydrogen-bond donors (Lipinski definition) is 0. The third-order valence-corrected chi connectivity index (χ3v) is 3.11. The topological polar surface area (TPSA) is 3.24 Å². The van der Waals surface area contributed by atoms with Crippen LogP contribution in [0.2, 0.25) is 0 Å². The van der Waals surface area contributed by atoms with Crippen LogP contribution in [-0.2, 0) is 6.54 Å². The molecular formula is C16H16IN. The molecule has 0 heterocycles. The maximum absolute atomic E-state index is 3.30. The van der Waals surface area contributed by atoms with Gasteiger partial charge in [-0.25, -0.2) is 3.11 Å². The van der Waals surface area contributed by atoms with Crippen LogP contribution in [0.15, 0.2) is 48.6 Å². The highest BCUT2D eigenvalue weighted by Crippen LogP contribution is 2.19. The largest absolute Gasteiger partial charge is 0.246 e. The molecule has 0 spiro atoms. The zero-order valence-electron chi connectivity index (χ0n) is 10.4. The maximum atomic E-state index is 3.30. The lowest BCUT2D eigenvalue weighted by Crippen LogP contribution is -2.03. The van der Waals surface area contributed by atoms with Gasteiger partial charge in [0.15, 0.2) is 0 Å². The lowest BCUT2D eigenvalue weighted by atomic mass is 9.97. The molecule has 1 unspecified atom stereocenters. The Labute approximate surface area is 123 Å². The van der Waals surface area contributed by atoms with Crippen LogP contribution < -0.4 is 0 Å². The summed E-state index contributed by atoms with van der Waals surface area (Å²) in [5.74, 6) is 6.71. The van der Waals surface area contributed by atoms with Gasteiger partial charge < -0.3 is 0 Å². The number of allylic oxidation sites excluding steroid dienone is 4. The van der Waals surface area contributed by atoms with Crippen LogP contribution in [0.1, 0.15) is 23.5 Å². The van der Waals surface area contributed by atoms with Crippen molar-refractivity contribution in [1.29, 1.82) is 0 Å². The summed E-state index contributed by atoms with van der Waals surface area (Å²) in [6.07, 6.45) is 9.24. The lowest BCUT2D eigenvalue weighted by molar-refractivity contribution is 0.610. The van der Waals surface area contributed by atoms with Crippen molar-refractivity contribution in [3.05, 3.63) is 59.7 Å². The Bertz CT molecular complexity index is 500. The van der Waals surface area contributed by atoms with Crippen molar-refractivity contribution < 1.29 is 0 Å². The fourth-order valence-corrected chi connectivity index (χ4v) is 2.27. The number of rotatable bonds is 3. The summed E-state index contributed by atoms with van der Waals surface area (Å²) in [5.41, 5.74) is 2.60. The van der Waals surface area contributed by atoms with E-state index in [1.807, 2.05) is 0 Å². The molecule has 0 radical (unpaired) electrons. The first-order valence-corrected chi connectivity index (χ1v) is 6.99. The van der Waals surface area contributed by atoms with E-state index in [2.05, 4.69) is 93.4 Å². The average Bonchev–Trinajstić information content (AvgIpc) is 2.29. The van der Waals surface area contributed by atoms with Gasteiger partial charge in [-0.3, -0.25) is 0 Å². The number of halogens is 1. The third-order valence-electron chi connectivity index (χ3n) is 2.77. The SMILES string of the molecule is CN(I)Cc1ccc(C2C#CC/C=C/C=C\2)cc1. The van der Waals surface area contributed by atoms with Crippen LogP contribution in [-0.4, -0.2) is 10.2 Å². The zero-order chi connectivity index (χ0) is 12.8. The van der Waals surface area contributed by atoms with Gasteiger partial charge >= 0.3 is 0 Å². The van der Waals surface area contributed by atoms with Gasteiger partial charge in [0.2, 0.25) is 0 Å². The Balaban J connectivity index is 2.15. The average molecular weight is 349 g/mol. The van der Waals surface area contributed by atoms with E-state index < -0.39 is 0 Å². The van der Waals surface area contributed by atoms with Gasteiger partial charge in [0.25, 0.3) is 0 Å². The van der Waals surface area contributed by atoms with Gasteiger partial charge in [0, 0.05) is 35.8 Å². The first-order chi connectivity index (χ1) is 8.75. The first-order valence-electron chi connectivity index (χ1n) is 6.03. The quantitative estimate of drug-likeness (QED) is 0.452. The number of hydrogen-bond acceptors (Lipinski definition) is 1. The monoisotopic (exact) mass is 349 g/mol. The van der Waals surface area contributed by atoms with Gasteiger partial charge in [0.1, 0.15) is 0 Å². The summed E-state index contributed by atoms with van der Waals surface area (Å²) in [5, 5.41) is 0. The highest BCUT2D eigenvalue weighted by Gasteiger charge is 2.05. The summed E-state index contributed by atoms with van der Waals surface area (Å²) < 4.78 is 2.15. The molecule has 1 nitrogen and oxygen atoms in total.